The van der Waals surface area contributed by atoms with Crippen molar-refractivity contribution in [2.24, 2.45) is 0 Å². The van der Waals surface area contributed by atoms with Crippen LogP contribution in [0, 0.1) is 0 Å². The Morgan fingerprint density at radius 3 is 2.24 bits per heavy atom. The first-order chi connectivity index (χ1) is 16.2. The fourth-order valence-electron chi connectivity index (χ4n) is 4.22. The van der Waals surface area contributed by atoms with E-state index in [4.69, 9.17) is 9.84 Å². The van der Waals surface area contributed by atoms with Crippen LogP contribution < -0.4 is 5.32 Å². The monoisotopic (exact) mass is 494 g/mol. The Kier molecular flexibility index (Phi) is 6.74. The number of carbonyl (C=O) groups excluding carboxylic acids is 2. The summed E-state index contributed by atoms with van der Waals surface area (Å²) in [6, 6.07) is 11.4. The molecule has 2 atom stereocenters. The largest absolute Gasteiger partial charge is 0.480 e. The first-order valence-electron chi connectivity index (χ1n) is 10.4. The predicted molar refractivity (Wildman–Crippen MR) is 118 cm³/mol. The number of thioether (sulfide) groups is 1. The van der Waals surface area contributed by atoms with Crippen LogP contribution in [0.5, 0.6) is 0 Å². The fourth-order valence-corrected chi connectivity index (χ4v) is 5.39. The van der Waals surface area contributed by atoms with Gasteiger partial charge < -0.3 is 20.1 Å². The standard InChI is InChI=1S/C23H21F3N2O5S/c24-23(25,26)19(9-20(29)28-12-34-11-18(28)21(30)31)27-22(32)33-10-17-15-7-3-1-5-13(15)14-6-2-4-8-16(14)17/h1-8,17-19H,9-12H2,(H,27,32)(H,30,31). The minimum absolute atomic E-state index is 0.0225. The Balaban J connectivity index is 1.41. The molecule has 1 fully saturated rings. The summed E-state index contributed by atoms with van der Waals surface area (Å²) < 4.78 is 45.8. The Bertz CT molecular complexity index is 1060. The van der Waals surface area contributed by atoms with E-state index >= 15 is 0 Å². The molecule has 1 aliphatic carbocycles. The molecule has 2 amide bonds. The minimum Gasteiger partial charge on any atom is -0.480 e. The second-order valence-corrected chi connectivity index (χ2v) is 8.99. The van der Waals surface area contributed by atoms with Crippen LogP contribution >= 0.6 is 11.8 Å². The van der Waals surface area contributed by atoms with Crippen molar-refractivity contribution in [3.63, 3.8) is 0 Å². The molecule has 1 saturated heterocycles. The summed E-state index contributed by atoms with van der Waals surface area (Å²) >= 11 is 1.14. The number of carbonyl (C=O) groups is 3. The molecule has 0 radical (unpaired) electrons. The van der Waals surface area contributed by atoms with Gasteiger partial charge in [0.05, 0.1) is 12.3 Å². The maximum atomic E-state index is 13.6. The van der Waals surface area contributed by atoms with Crippen LogP contribution in [-0.4, -0.2) is 64.5 Å². The zero-order valence-corrected chi connectivity index (χ0v) is 18.6. The second kappa shape index (κ2) is 9.57. The van der Waals surface area contributed by atoms with Crippen LogP contribution in [0.1, 0.15) is 23.5 Å². The summed E-state index contributed by atoms with van der Waals surface area (Å²) in [6.07, 6.45) is -7.34. The van der Waals surface area contributed by atoms with Crippen LogP contribution in [-0.2, 0) is 14.3 Å². The van der Waals surface area contributed by atoms with Crippen molar-refractivity contribution in [1.29, 1.82) is 0 Å². The van der Waals surface area contributed by atoms with Gasteiger partial charge in [0.25, 0.3) is 0 Å². The van der Waals surface area contributed by atoms with Gasteiger partial charge in [-0.2, -0.15) is 13.2 Å². The topological polar surface area (TPSA) is 95.9 Å². The van der Waals surface area contributed by atoms with E-state index in [1.54, 1.807) is 5.32 Å². The van der Waals surface area contributed by atoms with Gasteiger partial charge in [0.15, 0.2) is 0 Å². The van der Waals surface area contributed by atoms with E-state index in [-0.39, 0.29) is 24.2 Å². The molecule has 34 heavy (non-hydrogen) atoms. The van der Waals surface area contributed by atoms with Gasteiger partial charge in [-0.25, -0.2) is 9.59 Å². The van der Waals surface area contributed by atoms with E-state index in [0.717, 1.165) is 38.9 Å². The number of ether oxygens (including phenoxy) is 1. The Labute approximate surface area is 197 Å². The molecule has 4 rings (SSSR count). The van der Waals surface area contributed by atoms with Crippen LogP contribution in [0.15, 0.2) is 48.5 Å². The summed E-state index contributed by atoms with van der Waals surface area (Å²) in [5.41, 5.74) is 3.76. The third kappa shape index (κ3) is 4.84. The molecule has 180 valence electrons. The molecule has 2 aliphatic rings. The highest BCUT2D eigenvalue weighted by atomic mass is 32.2. The zero-order chi connectivity index (χ0) is 24.5. The molecule has 0 aromatic heterocycles. The molecular formula is C23H21F3N2O5S. The summed E-state index contributed by atoms with van der Waals surface area (Å²) in [6.45, 7) is -0.178. The van der Waals surface area contributed by atoms with E-state index < -0.39 is 42.7 Å². The number of hydrogen-bond acceptors (Lipinski definition) is 5. The molecule has 1 aliphatic heterocycles. The number of fused-ring (bicyclic) bond motifs is 3. The first-order valence-corrected chi connectivity index (χ1v) is 11.6. The minimum atomic E-state index is -4.92. The normalized spacial score (nSPS) is 18.2. The molecule has 0 bridgehead atoms. The molecular weight excluding hydrogens is 473 g/mol. The number of halogens is 3. The van der Waals surface area contributed by atoms with Gasteiger partial charge >= 0.3 is 18.2 Å². The van der Waals surface area contributed by atoms with E-state index in [9.17, 15) is 27.6 Å². The number of amides is 2. The van der Waals surface area contributed by atoms with Gasteiger partial charge in [-0.05, 0) is 22.3 Å². The van der Waals surface area contributed by atoms with Crippen molar-refractivity contribution in [2.45, 2.75) is 30.6 Å². The molecule has 2 aromatic rings. The molecule has 0 spiro atoms. The lowest BCUT2D eigenvalue weighted by molar-refractivity contribution is -0.164. The van der Waals surface area contributed by atoms with Gasteiger partial charge in [-0.1, -0.05) is 48.5 Å². The van der Waals surface area contributed by atoms with E-state index in [1.807, 2.05) is 48.5 Å². The zero-order valence-electron chi connectivity index (χ0n) is 17.7. The van der Waals surface area contributed by atoms with E-state index in [2.05, 4.69) is 0 Å². The Morgan fingerprint density at radius 2 is 1.68 bits per heavy atom. The van der Waals surface area contributed by atoms with Gasteiger partial charge in [0.2, 0.25) is 5.91 Å². The summed E-state index contributed by atoms with van der Waals surface area (Å²) in [5.74, 6) is -2.55. The van der Waals surface area contributed by atoms with Crippen molar-refractivity contribution in [3.8, 4) is 11.1 Å². The molecule has 11 heteroatoms. The fraction of sp³-hybridized carbons (Fsp3) is 0.348. The van der Waals surface area contributed by atoms with Crippen LogP contribution in [0.3, 0.4) is 0 Å². The molecule has 2 aromatic carbocycles. The molecule has 2 N–H and O–H groups in total. The number of alkyl halides is 3. The number of benzene rings is 2. The number of hydrogen-bond donors (Lipinski definition) is 2. The summed E-state index contributed by atoms with van der Waals surface area (Å²) in [7, 11) is 0. The second-order valence-electron chi connectivity index (χ2n) is 7.99. The number of aliphatic carboxylic acids is 1. The number of carboxylic acids is 1. The molecule has 2 unspecified atom stereocenters. The third-order valence-corrected chi connectivity index (χ3v) is 6.91. The number of alkyl carbamates (subject to hydrolysis) is 1. The highest BCUT2D eigenvalue weighted by Crippen LogP contribution is 2.44. The predicted octanol–water partition coefficient (Wildman–Crippen LogP) is 3.83. The van der Waals surface area contributed by atoms with E-state index in [0.29, 0.717) is 0 Å². The van der Waals surface area contributed by atoms with Gasteiger partial charge in [0, 0.05) is 11.7 Å². The lowest BCUT2D eigenvalue weighted by atomic mass is 9.98. The molecule has 1 heterocycles. The highest BCUT2D eigenvalue weighted by molar-refractivity contribution is 7.99. The maximum Gasteiger partial charge on any atom is 0.409 e. The highest BCUT2D eigenvalue weighted by Gasteiger charge is 2.45. The quantitative estimate of drug-likeness (QED) is 0.634. The SMILES string of the molecule is O=C(NC(CC(=O)N1CSCC1C(=O)O)C(F)(F)F)OCC1c2ccccc2-c2ccccc21. The maximum absolute atomic E-state index is 13.6. The van der Waals surface area contributed by atoms with Gasteiger partial charge in [-0.3, -0.25) is 4.79 Å². The molecule has 0 saturated carbocycles. The van der Waals surface area contributed by atoms with Crippen molar-refractivity contribution >= 4 is 29.7 Å². The van der Waals surface area contributed by atoms with Gasteiger partial charge in [-0.15, -0.1) is 11.8 Å². The number of carboxylic acid groups (broad SMARTS) is 1. The van der Waals surface area contributed by atoms with Crippen molar-refractivity contribution in [3.05, 3.63) is 59.7 Å². The van der Waals surface area contributed by atoms with Crippen LogP contribution in [0.4, 0.5) is 18.0 Å². The van der Waals surface area contributed by atoms with Crippen LogP contribution in [0.25, 0.3) is 11.1 Å². The van der Waals surface area contributed by atoms with Crippen LogP contribution in [0.2, 0.25) is 0 Å². The van der Waals surface area contributed by atoms with E-state index in [1.165, 1.54) is 0 Å². The lowest BCUT2D eigenvalue weighted by Crippen LogP contribution is -2.50. The van der Waals surface area contributed by atoms with Crippen molar-refractivity contribution < 1.29 is 37.4 Å². The van der Waals surface area contributed by atoms with Crippen molar-refractivity contribution in [2.75, 3.05) is 18.2 Å². The molecule has 7 nitrogen and oxygen atoms in total. The first kappa shape index (κ1) is 23.9. The average molecular weight is 494 g/mol. The third-order valence-electron chi connectivity index (χ3n) is 5.90. The number of nitrogens with zero attached hydrogens (tertiary/aromatic N) is 1. The lowest BCUT2D eigenvalue weighted by Gasteiger charge is -2.25. The van der Waals surface area contributed by atoms with Crippen molar-refractivity contribution in [1.82, 2.24) is 10.2 Å². The number of rotatable bonds is 6. The van der Waals surface area contributed by atoms with Gasteiger partial charge in [0.1, 0.15) is 18.7 Å². The Hall–Kier alpha value is -3.21. The summed E-state index contributed by atoms with van der Waals surface area (Å²) in [5, 5.41) is 10.9. The summed E-state index contributed by atoms with van der Waals surface area (Å²) in [4.78, 5) is 36.8. The number of nitrogens with one attached hydrogen (secondary N) is 1. The average Bonchev–Trinajstić information content (AvgIpc) is 3.40. The smallest absolute Gasteiger partial charge is 0.409 e. The Morgan fingerprint density at radius 1 is 1.09 bits per heavy atom.